The summed E-state index contributed by atoms with van der Waals surface area (Å²) in [7, 11) is 0. The minimum absolute atomic E-state index is 0.271. The molecule has 0 spiro atoms. The highest BCUT2D eigenvalue weighted by Crippen LogP contribution is 2.76. The summed E-state index contributed by atoms with van der Waals surface area (Å²) >= 11 is 0. The van der Waals surface area contributed by atoms with Gasteiger partial charge in [-0.2, -0.15) is 0 Å². The molecule has 170 valence electrons. The first-order chi connectivity index (χ1) is 14.3. The van der Waals surface area contributed by atoms with Crippen LogP contribution in [0.1, 0.15) is 40.5 Å². The fourth-order valence-corrected chi connectivity index (χ4v) is 9.35. The predicted octanol–water partition coefficient (Wildman–Crippen LogP) is 1.16. The zero-order valence-corrected chi connectivity index (χ0v) is 19.5. The van der Waals surface area contributed by atoms with Crippen LogP contribution < -0.4 is 10.6 Å². The first-order valence-electron chi connectivity index (χ1n) is 12.5. The molecule has 4 bridgehead atoms. The minimum Gasteiger partial charge on any atom is -0.379 e. The molecule has 2 N–H and O–H groups in total. The fourth-order valence-electron chi connectivity index (χ4n) is 9.35. The Morgan fingerprint density at radius 2 is 1.00 bits per heavy atom. The van der Waals surface area contributed by atoms with Gasteiger partial charge in [0.05, 0.1) is 26.4 Å². The number of fused-ring (bicyclic) bond motifs is 2. The lowest BCUT2D eigenvalue weighted by atomic mass is 9.35. The van der Waals surface area contributed by atoms with Gasteiger partial charge in [-0.25, -0.2) is 0 Å². The maximum absolute atomic E-state index is 5.74. The molecule has 6 heteroatoms. The van der Waals surface area contributed by atoms with E-state index >= 15 is 0 Å². The summed E-state index contributed by atoms with van der Waals surface area (Å²) in [4.78, 5) is 5.50. The molecule has 4 saturated heterocycles. The van der Waals surface area contributed by atoms with Crippen molar-refractivity contribution in [1.29, 1.82) is 0 Å². The van der Waals surface area contributed by atoms with Gasteiger partial charge in [-0.1, -0.05) is 27.7 Å². The van der Waals surface area contributed by atoms with Crippen molar-refractivity contribution < 1.29 is 9.47 Å². The summed E-state index contributed by atoms with van der Waals surface area (Å²) in [6, 6.07) is 2.46. The van der Waals surface area contributed by atoms with Crippen molar-refractivity contribution in [3.8, 4) is 0 Å². The molecule has 6 rings (SSSR count). The summed E-state index contributed by atoms with van der Waals surface area (Å²) in [5, 5.41) is 8.45. The van der Waals surface area contributed by atoms with E-state index in [0.717, 1.165) is 52.6 Å². The SMILES string of the molecule is CC1(C)C2CC3NC4CC(N2)C1(CN1CCOCC1)C3(CN1CCOCC1)C4(C)C. The van der Waals surface area contributed by atoms with Crippen molar-refractivity contribution >= 4 is 0 Å². The number of nitrogens with one attached hydrogen (secondary N) is 2. The molecule has 6 nitrogen and oxygen atoms in total. The van der Waals surface area contributed by atoms with E-state index < -0.39 is 0 Å². The average molecular weight is 419 g/mol. The molecule has 4 aliphatic heterocycles. The first kappa shape index (κ1) is 20.4. The van der Waals surface area contributed by atoms with Gasteiger partial charge in [0, 0.05) is 74.3 Å². The molecule has 2 saturated carbocycles. The van der Waals surface area contributed by atoms with Gasteiger partial charge in [0.2, 0.25) is 0 Å². The Bertz CT molecular complexity index is 629. The van der Waals surface area contributed by atoms with Gasteiger partial charge in [0.1, 0.15) is 0 Å². The highest BCUT2D eigenvalue weighted by Gasteiger charge is 2.83. The van der Waals surface area contributed by atoms with Crippen molar-refractivity contribution in [2.75, 3.05) is 65.7 Å². The highest BCUT2D eigenvalue weighted by atomic mass is 16.5. The summed E-state index contributed by atoms with van der Waals surface area (Å²) in [5.41, 5.74) is 1.11. The molecule has 0 aromatic carbocycles. The van der Waals surface area contributed by atoms with Gasteiger partial charge in [-0.05, 0) is 23.7 Å². The van der Waals surface area contributed by atoms with Gasteiger partial charge in [0.15, 0.2) is 0 Å². The smallest absolute Gasteiger partial charge is 0.0594 e. The Hall–Kier alpha value is -0.240. The van der Waals surface area contributed by atoms with Crippen molar-refractivity contribution in [2.45, 2.75) is 64.7 Å². The number of ether oxygens (including phenoxy) is 2. The zero-order valence-electron chi connectivity index (χ0n) is 19.5. The Balaban J connectivity index is 1.49. The molecule has 0 aromatic heterocycles. The van der Waals surface area contributed by atoms with Crippen LogP contribution in [0.5, 0.6) is 0 Å². The van der Waals surface area contributed by atoms with E-state index in [-0.39, 0.29) is 21.7 Å². The van der Waals surface area contributed by atoms with Crippen molar-refractivity contribution in [1.82, 2.24) is 20.4 Å². The topological polar surface area (TPSA) is 49.0 Å². The van der Waals surface area contributed by atoms with Crippen LogP contribution in [-0.2, 0) is 9.47 Å². The van der Waals surface area contributed by atoms with Crippen molar-refractivity contribution in [3.05, 3.63) is 0 Å². The third-order valence-electron chi connectivity index (χ3n) is 10.9. The largest absolute Gasteiger partial charge is 0.379 e. The summed E-state index contributed by atoms with van der Waals surface area (Å²) in [5.74, 6) is 0. The summed E-state index contributed by atoms with van der Waals surface area (Å²) < 4.78 is 11.5. The van der Waals surface area contributed by atoms with Crippen LogP contribution in [0.15, 0.2) is 0 Å². The number of hydrogen-bond donors (Lipinski definition) is 2. The standard InChI is InChI=1S/C24H42N4O2/c1-21(2)17-13-20-24(16-28-7-11-30-12-8-28)22(3,4)18(26-20)14-19(25-17)23(21,24)15-27-5-9-29-10-6-27/h17-20,25-26H,5-16H2,1-4H3. The third kappa shape index (κ3) is 2.31. The van der Waals surface area contributed by atoms with Gasteiger partial charge in [0.25, 0.3) is 0 Å². The normalized spacial score (nSPS) is 49.6. The number of rotatable bonds is 4. The van der Waals surface area contributed by atoms with Crippen LogP contribution in [0.3, 0.4) is 0 Å². The summed E-state index contributed by atoms with van der Waals surface area (Å²) in [6.07, 6.45) is 2.55. The van der Waals surface area contributed by atoms with E-state index in [1.54, 1.807) is 0 Å². The number of hydrogen-bond acceptors (Lipinski definition) is 6. The predicted molar refractivity (Wildman–Crippen MR) is 118 cm³/mol. The minimum atomic E-state index is 0.271. The molecule has 0 amide bonds. The molecule has 6 atom stereocenters. The lowest BCUT2D eigenvalue weighted by Crippen LogP contribution is -2.75. The Morgan fingerprint density at radius 1 is 0.633 bits per heavy atom. The summed E-state index contributed by atoms with van der Waals surface area (Å²) in [6.45, 7) is 20.8. The van der Waals surface area contributed by atoms with Gasteiger partial charge in [-0.15, -0.1) is 0 Å². The van der Waals surface area contributed by atoms with Crippen LogP contribution in [0.4, 0.5) is 0 Å². The number of nitrogens with zero attached hydrogens (tertiary/aromatic N) is 2. The average Bonchev–Trinajstić information content (AvgIpc) is 2.94. The van der Waals surface area contributed by atoms with Gasteiger partial charge < -0.3 is 20.1 Å². The van der Waals surface area contributed by atoms with Gasteiger partial charge in [-0.3, -0.25) is 9.80 Å². The maximum Gasteiger partial charge on any atom is 0.0594 e. The molecule has 0 radical (unpaired) electrons. The van der Waals surface area contributed by atoms with Crippen molar-refractivity contribution in [2.24, 2.45) is 21.7 Å². The van der Waals surface area contributed by atoms with Crippen LogP contribution in [0.25, 0.3) is 0 Å². The van der Waals surface area contributed by atoms with E-state index in [1.165, 1.54) is 25.9 Å². The second kappa shape index (κ2) is 6.64. The van der Waals surface area contributed by atoms with Gasteiger partial charge >= 0.3 is 0 Å². The molecule has 30 heavy (non-hydrogen) atoms. The Kier molecular flexibility index (Phi) is 4.51. The second-order valence-electron chi connectivity index (χ2n) is 12.2. The molecule has 0 aromatic rings. The molecule has 2 aliphatic carbocycles. The first-order valence-corrected chi connectivity index (χ1v) is 12.5. The molecular formula is C24H42N4O2. The van der Waals surface area contributed by atoms with Crippen molar-refractivity contribution in [3.63, 3.8) is 0 Å². The van der Waals surface area contributed by atoms with E-state index in [2.05, 4.69) is 48.1 Å². The van der Waals surface area contributed by atoms with E-state index in [4.69, 9.17) is 9.47 Å². The lowest BCUT2D eigenvalue weighted by Gasteiger charge is -2.69. The van der Waals surface area contributed by atoms with E-state index in [1.807, 2.05) is 0 Å². The van der Waals surface area contributed by atoms with Crippen LogP contribution >= 0.6 is 0 Å². The molecule has 6 aliphatic rings. The Morgan fingerprint density at radius 3 is 1.37 bits per heavy atom. The maximum atomic E-state index is 5.74. The lowest BCUT2D eigenvalue weighted by molar-refractivity contribution is -0.199. The Labute approximate surface area is 182 Å². The zero-order chi connectivity index (χ0) is 20.8. The number of morpholine rings is 2. The molecule has 6 fully saturated rings. The third-order valence-corrected chi connectivity index (χ3v) is 10.9. The highest BCUT2D eigenvalue weighted by molar-refractivity contribution is 5.36. The van der Waals surface area contributed by atoms with Crippen LogP contribution in [0.2, 0.25) is 0 Å². The second-order valence-corrected chi connectivity index (χ2v) is 12.2. The molecular weight excluding hydrogens is 376 g/mol. The van der Waals surface area contributed by atoms with Crippen LogP contribution in [0, 0.1) is 21.7 Å². The van der Waals surface area contributed by atoms with Crippen LogP contribution in [-0.4, -0.2) is 99.7 Å². The van der Waals surface area contributed by atoms with E-state index in [9.17, 15) is 0 Å². The molecule has 4 heterocycles. The fraction of sp³-hybridized carbons (Fsp3) is 1.00. The monoisotopic (exact) mass is 418 g/mol. The van der Waals surface area contributed by atoms with E-state index in [0.29, 0.717) is 24.2 Å². The quantitative estimate of drug-likeness (QED) is 0.715. The molecule has 6 unspecified atom stereocenters.